The number of nitrogens with zero attached hydrogens (tertiary/aromatic N) is 2. The Kier molecular flexibility index (Phi) is 8.58. The van der Waals surface area contributed by atoms with Crippen LogP contribution in [0, 0.1) is 0 Å². The van der Waals surface area contributed by atoms with E-state index in [2.05, 4.69) is 9.97 Å². The van der Waals surface area contributed by atoms with E-state index < -0.39 is 92.1 Å². The van der Waals surface area contributed by atoms with Gasteiger partial charge in [0, 0.05) is 45.2 Å². The molecular formula is C22H29N4O14P. The van der Waals surface area contributed by atoms with Crippen LogP contribution in [0.15, 0.2) is 43.7 Å². The lowest BCUT2D eigenvalue weighted by Crippen LogP contribution is -2.44. The number of phosphoric acid groups is 1. The highest BCUT2D eigenvalue weighted by Crippen LogP contribution is 2.57. The Bertz CT molecular complexity index is 1520. The molecule has 3 saturated heterocycles. The van der Waals surface area contributed by atoms with Gasteiger partial charge in [-0.15, -0.1) is 0 Å². The quantitative estimate of drug-likeness (QED) is 0.230. The van der Waals surface area contributed by atoms with Crippen LogP contribution in [0.3, 0.4) is 0 Å². The molecular weight excluding hydrogens is 575 g/mol. The topological polar surface area (TPSA) is 232 Å². The average molecular weight is 604 g/mol. The van der Waals surface area contributed by atoms with Crippen molar-refractivity contribution in [3.8, 4) is 0 Å². The van der Waals surface area contributed by atoms with Crippen LogP contribution in [0.4, 0.5) is 0 Å². The molecule has 0 radical (unpaired) electrons. The van der Waals surface area contributed by atoms with Crippen molar-refractivity contribution in [2.45, 2.75) is 61.6 Å². The first-order valence-corrected chi connectivity index (χ1v) is 13.9. The van der Waals surface area contributed by atoms with E-state index >= 15 is 0 Å². The molecule has 0 bridgehead atoms. The molecule has 3 aliphatic rings. The molecule has 0 saturated carbocycles. The van der Waals surface area contributed by atoms with Crippen LogP contribution >= 0.6 is 7.82 Å². The molecule has 10 atom stereocenters. The third kappa shape index (κ3) is 5.68. The fourth-order valence-corrected chi connectivity index (χ4v) is 6.74. The average Bonchev–Trinajstić information content (AvgIpc) is 3.44. The number of H-pyrrole nitrogens is 2. The molecule has 0 aliphatic carbocycles. The van der Waals surface area contributed by atoms with Gasteiger partial charge in [0.05, 0.1) is 13.2 Å². The summed E-state index contributed by atoms with van der Waals surface area (Å²) in [5.74, 6) is 0. The molecule has 4 N–H and O–H groups in total. The number of aromatic amines is 2. The van der Waals surface area contributed by atoms with Gasteiger partial charge in [0.25, 0.3) is 11.1 Å². The van der Waals surface area contributed by atoms with Gasteiger partial charge in [-0.3, -0.25) is 42.3 Å². The second-order valence-corrected chi connectivity index (χ2v) is 11.0. The molecule has 1 unspecified atom stereocenters. The highest BCUT2D eigenvalue weighted by molar-refractivity contribution is 7.48. The molecule has 18 nitrogen and oxygen atoms in total. The van der Waals surface area contributed by atoms with Crippen molar-refractivity contribution >= 4 is 7.82 Å². The Balaban J connectivity index is 1.36. The predicted octanol–water partition coefficient (Wildman–Crippen LogP) is -2.44. The fraction of sp³-hybridized carbons (Fsp3) is 0.636. The first-order valence-electron chi connectivity index (χ1n) is 12.5. The van der Waals surface area contributed by atoms with Crippen LogP contribution in [0.25, 0.3) is 0 Å². The van der Waals surface area contributed by atoms with Crippen molar-refractivity contribution in [1.29, 1.82) is 0 Å². The van der Waals surface area contributed by atoms with Gasteiger partial charge in [0.15, 0.2) is 12.5 Å². The van der Waals surface area contributed by atoms with Crippen molar-refractivity contribution in [3.05, 3.63) is 66.2 Å². The SMILES string of the molecule is CO[C@@H]1[C@H](O)[C@@H]([C@H]2CCOP(=O)(O[C@H]3[C@@H](OC)[C@H](n4ccc(=O)[nH]c4=O)O[C@@H]3CO)O2)O[C@H]1n1ccc(=O)[nH]c1=O. The zero-order valence-electron chi connectivity index (χ0n) is 21.8. The highest BCUT2D eigenvalue weighted by atomic mass is 31.2. The molecule has 0 amide bonds. The van der Waals surface area contributed by atoms with Crippen LogP contribution in [0.2, 0.25) is 0 Å². The van der Waals surface area contributed by atoms with E-state index in [0.717, 1.165) is 21.3 Å². The Morgan fingerprint density at radius 2 is 1.54 bits per heavy atom. The largest absolute Gasteiger partial charge is 0.475 e. The smallest absolute Gasteiger partial charge is 0.394 e. The Morgan fingerprint density at radius 3 is 2.07 bits per heavy atom. The number of aromatic nitrogens is 4. The summed E-state index contributed by atoms with van der Waals surface area (Å²) in [6.45, 7) is -0.772. The lowest BCUT2D eigenvalue weighted by atomic mass is 10.0. The predicted molar refractivity (Wildman–Crippen MR) is 133 cm³/mol. The molecule has 2 aromatic heterocycles. The maximum atomic E-state index is 13.7. The van der Waals surface area contributed by atoms with Crippen molar-refractivity contribution in [3.63, 3.8) is 0 Å². The summed E-state index contributed by atoms with van der Waals surface area (Å²) in [5.41, 5.74) is -2.86. The maximum absolute atomic E-state index is 13.7. The van der Waals surface area contributed by atoms with Crippen LogP contribution in [-0.2, 0) is 37.1 Å². The second-order valence-electron chi connectivity index (χ2n) is 9.45. The van der Waals surface area contributed by atoms with Crippen LogP contribution < -0.4 is 22.5 Å². The van der Waals surface area contributed by atoms with E-state index in [-0.39, 0.29) is 13.0 Å². The summed E-state index contributed by atoms with van der Waals surface area (Å²) in [5, 5.41) is 20.9. The standard InChI is InChI=1S/C22H29N4O14P/c1-34-17-14(30)15(38-19(17)25-6-3-12(28)23-21(25)31)10-5-8-36-41(33,39-10)40-16-11(9-27)37-20(18(16)35-2)26-7-4-13(29)24-22(26)32/h3-4,6-7,10-11,14-20,27,30H,5,8-9H2,1-2H3,(H,23,28,31)(H,24,29,32)/t10-,11-,14-,15-,16-,17-,18-,19-,20-,41?/m1/s1. The number of nitrogens with one attached hydrogen (secondary N) is 2. The molecule has 5 rings (SSSR count). The van der Waals surface area contributed by atoms with Crippen LogP contribution in [-0.4, -0.2) is 99.5 Å². The normalized spacial score (nSPS) is 37.4. The minimum atomic E-state index is -4.44. The number of hydrogen-bond donors (Lipinski definition) is 4. The summed E-state index contributed by atoms with van der Waals surface area (Å²) in [7, 11) is -1.86. The van der Waals surface area contributed by atoms with Crippen molar-refractivity contribution < 1.29 is 47.3 Å². The molecule has 41 heavy (non-hydrogen) atoms. The number of ether oxygens (including phenoxy) is 4. The Morgan fingerprint density at radius 1 is 0.951 bits per heavy atom. The third-order valence-electron chi connectivity index (χ3n) is 7.04. The minimum absolute atomic E-state index is 0.104. The summed E-state index contributed by atoms with van der Waals surface area (Å²) in [6.07, 6.45) is -8.06. The van der Waals surface area contributed by atoms with Gasteiger partial charge in [0.1, 0.15) is 42.7 Å². The lowest BCUT2D eigenvalue weighted by Gasteiger charge is -2.35. The summed E-state index contributed by atoms with van der Waals surface area (Å²) >= 11 is 0. The van der Waals surface area contributed by atoms with Gasteiger partial charge in [0.2, 0.25) is 0 Å². The molecule has 0 spiro atoms. The summed E-state index contributed by atoms with van der Waals surface area (Å²) in [6, 6.07) is 2.19. The van der Waals surface area contributed by atoms with E-state index in [9.17, 15) is 34.0 Å². The Hall–Kier alpha value is -2.77. The van der Waals surface area contributed by atoms with E-state index in [1.807, 2.05) is 0 Å². The maximum Gasteiger partial charge on any atom is 0.475 e. The summed E-state index contributed by atoms with van der Waals surface area (Å²) < 4.78 is 55.0. The number of phosphoric ester groups is 1. The molecule has 2 aromatic rings. The van der Waals surface area contributed by atoms with Gasteiger partial charge in [-0.1, -0.05) is 0 Å². The number of aliphatic hydroxyl groups excluding tert-OH is 2. The van der Waals surface area contributed by atoms with Crippen molar-refractivity contribution in [2.24, 2.45) is 0 Å². The molecule has 0 aromatic carbocycles. The number of hydrogen-bond acceptors (Lipinski definition) is 14. The lowest BCUT2D eigenvalue weighted by molar-refractivity contribution is -0.110. The first-order chi connectivity index (χ1) is 19.6. The number of aliphatic hydroxyl groups is 2. The molecule has 3 fully saturated rings. The van der Waals surface area contributed by atoms with Gasteiger partial charge in [-0.25, -0.2) is 14.2 Å². The van der Waals surface area contributed by atoms with Gasteiger partial charge in [-0.2, -0.15) is 0 Å². The third-order valence-corrected chi connectivity index (χ3v) is 8.57. The Labute approximate surface area is 229 Å². The van der Waals surface area contributed by atoms with Crippen LogP contribution in [0.1, 0.15) is 18.9 Å². The van der Waals surface area contributed by atoms with E-state index in [4.69, 9.17) is 32.5 Å². The monoisotopic (exact) mass is 604 g/mol. The molecule has 19 heteroatoms. The number of rotatable bonds is 8. The number of methoxy groups -OCH3 is 2. The molecule has 5 heterocycles. The van der Waals surface area contributed by atoms with E-state index in [0.29, 0.717) is 0 Å². The highest BCUT2D eigenvalue weighted by Gasteiger charge is 2.55. The zero-order valence-corrected chi connectivity index (χ0v) is 22.7. The summed E-state index contributed by atoms with van der Waals surface area (Å²) in [4.78, 5) is 51.9. The van der Waals surface area contributed by atoms with E-state index in [1.54, 1.807) is 0 Å². The second kappa shape index (κ2) is 11.8. The van der Waals surface area contributed by atoms with Crippen molar-refractivity contribution in [1.82, 2.24) is 19.1 Å². The fourth-order valence-electron chi connectivity index (χ4n) is 5.13. The minimum Gasteiger partial charge on any atom is -0.394 e. The molecule has 3 aliphatic heterocycles. The zero-order chi connectivity index (χ0) is 29.5. The van der Waals surface area contributed by atoms with Crippen LogP contribution in [0.5, 0.6) is 0 Å². The van der Waals surface area contributed by atoms with Gasteiger partial charge >= 0.3 is 19.2 Å². The molecule has 226 valence electrons. The van der Waals surface area contributed by atoms with Gasteiger partial charge in [-0.05, 0) is 0 Å². The van der Waals surface area contributed by atoms with Gasteiger partial charge < -0.3 is 29.2 Å². The van der Waals surface area contributed by atoms with Crippen molar-refractivity contribution in [2.75, 3.05) is 27.4 Å². The van der Waals surface area contributed by atoms with E-state index in [1.165, 1.54) is 26.6 Å². The first kappa shape index (κ1) is 29.7.